The van der Waals surface area contributed by atoms with Crippen LogP contribution in [-0.2, 0) is 4.79 Å². The van der Waals surface area contributed by atoms with Crippen molar-refractivity contribution in [2.75, 3.05) is 11.4 Å². The molecule has 0 fully saturated rings. The van der Waals surface area contributed by atoms with Crippen LogP contribution in [0.15, 0.2) is 6.07 Å². The molecule has 96 valence electrons. The first-order valence-electron chi connectivity index (χ1n) is 5.49. The van der Waals surface area contributed by atoms with Crippen LogP contribution in [0.1, 0.15) is 32.2 Å². The molecule has 0 unspecified atom stereocenters. The molecule has 1 N–H and O–H groups in total. The smallest absolute Gasteiger partial charge is 0.323 e. The highest BCUT2D eigenvalue weighted by Gasteiger charge is 2.26. The highest BCUT2D eigenvalue weighted by atomic mass is 16.4. The summed E-state index contributed by atoms with van der Waals surface area (Å²) in [7, 11) is 0. The van der Waals surface area contributed by atoms with Crippen LogP contribution in [0.2, 0.25) is 0 Å². The maximum Gasteiger partial charge on any atom is 0.323 e. The summed E-state index contributed by atoms with van der Waals surface area (Å²) < 4.78 is 0. The van der Waals surface area contributed by atoms with Crippen molar-refractivity contribution in [1.82, 2.24) is 9.97 Å². The summed E-state index contributed by atoms with van der Waals surface area (Å²) in [5.41, 5.74) is 0.423. The summed E-state index contributed by atoms with van der Waals surface area (Å²) >= 11 is 0. The molecule has 0 radical (unpaired) electrons. The molecule has 0 saturated carbocycles. The van der Waals surface area contributed by atoms with Gasteiger partial charge in [-0.1, -0.05) is 0 Å². The van der Waals surface area contributed by atoms with E-state index in [0.29, 0.717) is 5.69 Å². The summed E-state index contributed by atoms with van der Waals surface area (Å²) in [6.45, 7) is 7.14. The Morgan fingerprint density at radius 1 is 1.50 bits per heavy atom. The van der Waals surface area contributed by atoms with E-state index in [0.717, 1.165) is 0 Å². The van der Waals surface area contributed by atoms with E-state index in [9.17, 15) is 4.79 Å². The molecule has 1 aromatic rings. The van der Waals surface area contributed by atoms with Gasteiger partial charge in [0.15, 0.2) is 0 Å². The van der Waals surface area contributed by atoms with Gasteiger partial charge in [0.05, 0.1) is 0 Å². The van der Waals surface area contributed by atoms with Crippen molar-refractivity contribution in [2.45, 2.75) is 33.2 Å². The zero-order valence-corrected chi connectivity index (χ0v) is 10.9. The number of aryl methyl sites for hydroxylation is 1. The standard InChI is InChI=1S/C12H16N4O2/c1-8-5-9(6-13)15-11(14-8)16(7-10(17)18)12(2,3)4/h5H,7H2,1-4H3,(H,17,18). The van der Waals surface area contributed by atoms with E-state index in [4.69, 9.17) is 10.4 Å². The summed E-state index contributed by atoms with van der Waals surface area (Å²) in [5, 5.41) is 17.8. The molecule has 0 atom stereocenters. The van der Waals surface area contributed by atoms with E-state index in [1.165, 1.54) is 0 Å². The van der Waals surface area contributed by atoms with Gasteiger partial charge in [0.2, 0.25) is 5.95 Å². The lowest BCUT2D eigenvalue weighted by molar-refractivity contribution is -0.135. The van der Waals surface area contributed by atoms with Crippen molar-refractivity contribution in [3.8, 4) is 6.07 Å². The van der Waals surface area contributed by atoms with Crippen LogP contribution in [-0.4, -0.2) is 33.1 Å². The van der Waals surface area contributed by atoms with Crippen molar-refractivity contribution in [1.29, 1.82) is 5.26 Å². The third kappa shape index (κ3) is 3.42. The Hall–Kier alpha value is -2.16. The number of anilines is 1. The zero-order valence-electron chi connectivity index (χ0n) is 10.9. The molecule has 6 nitrogen and oxygen atoms in total. The zero-order chi connectivity index (χ0) is 13.9. The molecule has 0 aliphatic carbocycles. The number of hydrogen-bond donors (Lipinski definition) is 1. The van der Waals surface area contributed by atoms with Crippen molar-refractivity contribution in [2.24, 2.45) is 0 Å². The molecule has 1 rings (SSSR count). The van der Waals surface area contributed by atoms with Gasteiger partial charge < -0.3 is 10.0 Å². The van der Waals surface area contributed by atoms with Gasteiger partial charge in [0.25, 0.3) is 0 Å². The fourth-order valence-corrected chi connectivity index (χ4v) is 1.47. The first kappa shape index (κ1) is 13.9. The van der Waals surface area contributed by atoms with Gasteiger partial charge in [-0.25, -0.2) is 9.97 Å². The van der Waals surface area contributed by atoms with E-state index >= 15 is 0 Å². The molecule has 0 aromatic carbocycles. The average Bonchev–Trinajstić information content (AvgIpc) is 2.23. The van der Waals surface area contributed by atoms with Crippen molar-refractivity contribution in [3.05, 3.63) is 17.5 Å². The fourth-order valence-electron chi connectivity index (χ4n) is 1.47. The molecule has 0 aliphatic rings. The number of hydrogen-bond acceptors (Lipinski definition) is 5. The molecule has 0 amide bonds. The minimum absolute atomic E-state index is 0.210. The van der Waals surface area contributed by atoms with Crippen LogP contribution < -0.4 is 4.90 Å². The molecule has 0 saturated heterocycles. The second kappa shape index (κ2) is 5.00. The minimum Gasteiger partial charge on any atom is -0.480 e. The minimum atomic E-state index is -0.964. The molecule has 1 heterocycles. The maximum absolute atomic E-state index is 10.9. The monoisotopic (exact) mass is 248 g/mol. The number of nitriles is 1. The van der Waals surface area contributed by atoms with E-state index < -0.39 is 11.5 Å². The van der Waals surface area contributed by atoms with Crippen molar-refractivity contribution >= 4 is 11.9 Å². The van der Waals surface area contributed by atoms with Gasteiger partial charge in [-0.15, -0.1) is 0 Å². The second-order valence-corrected chi connectivity index (χ2v) is 4.96. The van der Waals surface area contributed by atoms with Crippen LogP contribution in [0.25, 0.3) is 0 Å². The lowest BCUT2D eigenvalue weighted by Crippen LogP contribution is -2.45. The lowest BCUT2D eigenvalue weighted by atomic mass is 10.1. The predicted octanol–water partition coefficient (Wildman–Crippen LogP) is 1.35. The van der Waals surface area contributed by atoms with Crippen LogP contribution in [0.5, 0.6) is 0 Å². The first-order valence-corrected chi connectivity index (χ1v) is 5.49. The maximum atomic E-state index is 10.9. The van der Waals surface area contributed by atoms with E-state index in [2.05, 4.69) is 9.97 Å². The van der Waals surface area contributed by atoms with E-state index in [-0.39, 0.29) is 18.2 Å². The topological polar surface area (TPSA) is 90.1 Å². The summed E-state index contributed by atoms with van der Waals surface area (Å²) in [6.07, 6.45) is 0. The van der Waals surface area contributed by atoms with Gasteiger partial charge in [0, 0.05) is 11.2 Å². The highest BCUT2D eigenvalue weighted by molar-refractivity contribution is 5.73. The number of aliphatic carboxylic acids is 1. The number of carbonyl (C=O) groups is 1. The summed E-state index contributed by atoms with van der Waals surface area (Å²) in [6, 6.07) is 3.50. The third-order valence-corrected chi connectivity index (χ3v) is 2.30. The van der Waals surface area contributed by atoms with Crippen molar-refractivity contribution < 1.29 is 9.90 Å². The van der Waals surface area contributed by atoms with Gasteiger partial charge in [-0.2, -0.15) is 5.26 Å². The summed E-state index contributed by atoms with van der Waals surface area (Å²) in [4.78, 5) is 20.7. The molecule has 1 aromatic heterocycles. The quantitative estimate of drug-likeness (QED) is 0.868. The average molecular weight is 248 g/mol. The van der Waals surface area contributed by atoms with Crippen molar-refractivity contribution in [3.63, 3.8) is 0 Å². The number of aromatic nitrogens is 2. The number of nitrogens with zero attached hydrogens (tertiary/aromatic N) is 4. The predicted molar refractivity (Wildman–Crippen MR) is 66.2 cm³/mol. The first-order chi connectivity index (χ1) is 8.24. The van der Waals surface area contributed by atoms with Crippen LogP contribution in [0.3, 0.4) is 0 Å². The SMILES string of the molecule is Cc1cc(C#N)nc(N(CC(=O)O)C(C)(C)C)n1. The highest BCUT2D eigenvalue weighted by Crippen LogP contribution is 2.20. The Labute approximate surface area is 106 Å². The molecule has 6 heteroatoms. The molecule has 0 spiro atoms. The molecule has 18 heavy (non-hydrogen) atoms. The molecular formula is C12H16N4O2. The number of rotatable bonds is 3. The number of carboxylic acid groups (broad SMARTS) is 1. The molecular weight excluding hydrogens is 232 g/mol. The Morgan fingerprint density at radius 3 is 2.56 bits per heavy atom. The van der Waals surface area contributed by atoms with E-state index in [1.807, 2.05) is 26.8 Å². The van der Waals surface area contributed by atoms with Gasteiger partial charge in [0.1, 0.15) is 18.3 Å². The third-order valence-electron chi connectivity index (χ3n) is 2.30. The Balaban J connectivity index is 3.25. The largest absolute Gasteiger partial charge is 0.480 e. The fraction of sp³-hybridized carbons (Fsp3) is 0.500. The lowest BCUT2D eigenvalue weighted by Gasteiger charge is -2.34. The van der Waals surface area contributed by atoms with Crippen LogP contribution in [0, 0.1) is 18.3 Å². The summed E-state index contributed by atoms with van der Waals surface area (Å²) in [5.74, 6) is -0.699. The second-order valence-electron chi connectivity index (χ2n) is 4.96. The van der Waals surface area contributed by atoms with Crippen LogP contribution >= 0.6 is 0 Å². The van der Waals surface area contributed by atoms with Gasteiger partial charge in [-0.05, 0) is 33.8 Å². The van der Waals surface area contributed by atoms with Gasteiger partial charge >= 0.3 is 5.97 Å². The molecule has 0 aliphatic heterocycles. The normalized spacial score (nSPS) is 10.8. The molecule has 0 bridgehead atoms. The Morgan fingerprint density at radius 2 is 2.11 bits per heavy atom. The van der Waals surface area contributed by atoms with Crippen LogP contribution in [0.4, 0.5) is 5.95 Å². The Bertz CT molecular complexity index is 500. The van der Waals surface area contributed by atoms with E-state index in [1.54, 1.807) is 17.9 Å². The van der Waals surface area contributed by atoms with Gasteiger partial charge in [-0.3, -0.25) is 4.79 Å². The Kier molecular flexibility index (Phi) is 3.86. The number of carboxylic acids is 1.